The molecule has 0 saturated carbocycles. The normalized spacial score (nSPS) is 10.5. The van der Waals surface area contributed by atoms with Crippen molar-refractivity contribution in [3.05, 3.63) is 42.1 Å². The van der Waals surface area contributed by atoms with E-state index in [1.807, 2.05) is 31.3 Å². The molecule has 1 amide bonds. The van der Waals surface area contributed by atoms with Gasteiger partial charge >= 0.3 is 0 Å². The molecular formula is C16H22N4O. The Hall–Kier alpha value is -2.14. The molecule has 5 nitrogen and oxygen atoms in total. The minimum Gasteiger partial charge on any atom is -0.356 e. The number of carbonyl (C=O) groups is 1. The Labute approximate surface area is 125 Å². The molecule has 2 aromatic rings. The molecule has 21 heavy (non-hydrogen) atoms. The molecule has 2 rings (SSSR count). The van der Waals surface area contributed by atoms with E-state index >= 15 is 0 Å². The van der Waals surface area contributed by atoms with Crippen molar-refractivity contribution in [1.82, 2.24) is 20.8 Å². The number of rotatable bonds is 8. The Morgan fingerprint density at radius 2 is 2.05 bits per heavy atom. The first kappa shape index (κ1) is 15.3. The fourth-order valence-corrected chi connectivity index (χ4v) is 2.08. The minimum atomic E-state index is 0.0971. The molecule has 0 atom stereocenters. The van der Waals surface area contributed by atoms with Crippen molar-refractivity contribution >= 4 is 5.91 Å². The fourth-order valence-electron chi connectivity index (χ4n) is 2.08. The number of nitrogens with one attached hydrogen (secondary N) is 3. The first-order valence-corrected chi connectivity index (χ1v) is 7.36. The van der Waals surface area contributed by atoms with Gasteiger partial charge in [0.15, 0.2) is 0 Å². The molecule has 0 unspecified atom stereocenters. The molecule has 5 heteroatoms. The fraction of sp³-hybridized carbons (Fsp3) is 0.375. The second-order valence-corrected chi connectivity index (χ2v) is 4.91. The van der Waals surface area contributed by atoms with Crippen molar-refractivity contribution in [2.24, 2.45) is 0 Å². The zero-order chi connectivity index (χ0) is 14.9. The third-order valence-electron chi connectivity index (χ3n) is 3.20. The molecule has 1 aromatic carbocycles. The van der Waals surface area contributed by atoms with Gasteiger partial charge in [0.2, 0.25) is 5.91 Å². The first-order chi connectivity index (χ1) is 10.3. The van der Waals surface area contributed by atoms with Crippen molar-refractivity contribution in [2.45, 2.75) is 26.3 Å². The van der Waals surface area contributed by atoms with E-state index < -0.39 is 0 Å². The predicted octanol–water partition coefficient (Wildman–Crippen LogP) is 2.08. The topological polar surface area (TPSA) is 69.8 Å². The molecule has 0 radical (unpaired) electrons. The van der Waals surface area contributed by atoms with Gasteiger partial charge in [0, 0.05) is 31.6 Å². The zero-order valence-corrected chi connectivity index (χ0v) is 12.4. The van der Waals surface area contributed by atoms with Crippen LogP contribution in [0.2, 0.25) is 0 Å². The molecule has 1 aromatic heterocycles. The lowest BCUT2D eigenvalue weighted by atomic mass is 10.1. The summed E-state index contributed by atoms with van der Waals surface area (Å²) < 4.78 is 0. The average molecular weight is 286 g/mol. The van der Waals surface area contributed by atoms with Gasteiger partial charge in [-0.15, -0.1) is 0 Å². The maximum Gasteiger partial charge on any atom is 0.221 e. The van der Waals surface area contributed by atoms with Crippen LogP contribution in [-0.4, -0.2) is 29.2 Å². The van der Waals surface area contributed by atoms with Crippen molar-refractivity contribution in [3.63, 3.8) is 0 Å². The molecular weight excluding hydrogens is 264 g/mol. The molecule has 0 aliphatic heterocycles. The van der Waals surface area contributed by atoms with E-state index in [1.165, 1.54) is 0 Å². The van der Waals surface area contributed by atoms with E-state index in [1.54, 1.807) is 0 Å². The van der Waals surface area contributed by atoms with Crippen molar-refractivity contribution < 1.29 is 4.79 Å². The van der Waals surface area contributed by atoms with Crippen LogP contribution in [0.25, 0.3) is 11.3 Å². The highest BCUT2D eigenvalue weighted by molar-refractivity contribution is 5.76. The number of H-pyrrole nitrogens is 1. The summed E-state index contributed by atoms with van der Waals surface area (Å²) in [6.45, 7) is 4.15. The summed E-state index contributed by atoms with van der Waals surface area (Å²) in [5.74, 6) is 0.0971. The number of amides is 1. The molecule has 0 saturated heterocycles. The summed E-state index contributed by atoms with van der Waals surface area (Å²) in [6.07, 6.45) is 3.29. The van der Waals surface area contributed by atoms with Crippen LogP contribution in [0, 0.1) is 0 Å². The summed E-state index contributed by atoms with van der Waals surface area (Å²) >= 11 is 0. The van der Waals surface area contributed by atoms with Crippen LogP contribution in [0.5, 0.6) is 0 Å². The van der Waals surface area contributed by atoms with Crippen LogP contribution in [0.15, 0.2) is 36.5 Å². The molecule has 0 spiro atoms. The number of nitrogens with zero attached hydrogens (tertiary/aromatic N) is 1. The third-order valence-corrected chi connectivity index (χ3v) is 3.20. The highest BCUT2D eigenvalue weighted by Crippen LogP contribution is 2.20. The van der Waals surface area contributed by atoms with Gasteiger partial charge in [0.1, 0.15) is 0 Å². The molecule has 0 fully saturated rings. The maximum atomic E-state index is 11.5. The van der Waals surface area contributed by atoms with Gasteiger partial charge in [-0.3, -0.25) is 9.89 Å². The zero-order valence-electron chi connectivity index (χ0n) is 12.4. The lowest BCUT2D eigenvalue weighted by Gasteiger charge is -2.06. The monoisotopic (exact) mass is 286 g/mol. The number of aromatic nitrogens is 2. The van der Waals surface area contributed by atoms with Crippen LogP contribution in [-0.2, 0) is 11.3 Å². The molecule has 0 bridgehead atoms. The molecule has 112 valence electrons. The molecule has 1 heterocycles. The summed E-state index contributed by atoms with van der Waals surface area (Å²) in [4.78, 5) is 11.5. The largest absolute Gasteiger partial charge is 0.356 e. The summed E-state index contributed by atoms with van der Waals surface area (Å²) in [5.41, 5.74) is 3.25. The number of hydrogen-bond acceptors (Lipinski definition) is 3. The standard InChI is InChI=1S/C16H22N4O/c1-2-9-18-15(21)8-10-17-11-14-12-19-20-16(14)13-6-4-3-5-7-13/h3-7,12,17H,2,8-11H2,1H3,(H,18,21)(H,19,20). The average Bonchev–Trinajstić information content (AvgIpc) is 2.99. The number of carbonyl (C=O) groups excluding carboxylic acids is 1. The van der Waals surface area contributed by atoms with Crippen LogP contribution in [0.1, 0.15) is 25.3 Å². The van der Waals surface area contributed by atoms with Crippen molar-refractivity contribution in [2.75, 3.05) is 13.1 Å². The summed E-state index contributed by atoms with van der Waals surface area (Å²) in [7, 11) is 0. The second-order valence-electron chi connectivity index (χ2n) is 4.91. The molecule has 3 N–H and O–H groups in total. The van der Waals surface area contributed by atoms with Gasteiger partial charge in [-0.25, -0.2) is 0 Å². The Balaban J connectivity index is 1.80. The summed E-state index contributed by atoms with van der Waals surface area (Å²) in [5, 5.41) is 13.3. The molecule has 0 aliphatic rings. The molecule has 0 aliphatic carbocycles. The Kier molecular flexibility index (Phi) is 5.97. The summed E-state index contributed by atoms with van der Waals surface area (Å²) in [6, 6.07) is 10.1. The highest BCUT2D eigenvalue weighted by atomic mass is 16.1. The quantitative estimate of drug-likeness (QED) is 0.651. The number of benzene rings is 1. The minimum absolute atomic E-state index is 0.0971. The Morgan fingerprint density at radius 3 is 2.81 bits per heavy atom. The highest BCUT2D eigenvalue weighted by Gasteiger charge is 2.07. The number of hydrogen-bond donors (Lipinski definition) is 3. The van der Waals surface area contributed by atoms with E-state index in [2.05, 4.69) is 33.0 Å². The van der Waals surface area contributed by atoms with Crippen LogP contribution >= 0.6 is 0 Å². The SMILES string of the molecule is CCCNC(=O)CCNCc1cn[nH]c1-c1ccccc1. The first-order valence-electron chi connectivity index (χ1n) is 7.36. The van der Waals surface area contributed by atoms with Gasteiger partial charge in [0.05, 0.1) is 11.9 Å². The lowest BCUT2D eigenvalue weighted by molar-refractivity contribution is -0.120. The van der Waals surface area contributed by atoms with Crippen LogP contribution in [0.4, 0.5) is 0 Å². The predicted molar refractivity (Wildman–Crippen MR) is 83.6 cm³/mol. The maximum absolute atomic E-state index is 11.5. The second kappa shape index (κ2) is 8.21. The van der Waals surface area contributed by atoms with Gasteiger partial charge in [-0.1, -0.05) is 37.3 Å². The van der Waals surface area contributed by atoms with Crippen LogP contribution in [0.3, 0.4) is 0 Å². The van der Waals surface area contributed by atoms with Gasteiger partial charge in [-0.2, -0.15) is 5.10 Å². The lowest BCUT2D eigenvalue weighted by Crippen LogP contribution is -2.28. The third kappa shape index (κ3) is 4.72. The van der Waals surface area contributed by atoms with E-state index in [9.17, 15) is 4.79 Å². The van der Waals surface area contributed by atoms with Gasteiger partial charge in [-0.05, 0) is 12.0 Å². The van der Waals surface area contributed by atoms with E-state index in [0.717, 1.165) is 29.8 Å². The van der Waals surface area contributed by atoms with E-state index in [0.29, 0.717) is 19.5 Å². The Morgan fingerprint density at radius 1 is 1.24 bits per heavy atom. The van der Waals surface area contributed by atoms with Crippen molar-refractivity contribution in [1.29, 1.82) is 0 Å². The van der Waals surface area contributed by atoms with E-state index in [-0.39, 0.29) is 5.91 Å². The van der Waals surface area contributed by atoms with E-state index in [4.69, 9.17) is 0 Å². The van der Waals surface area contributed by atoms with Crippen molar-refractivity contribution in [3.8, 4) is 11.3 Å². The van der Waals surface area contributed by atoms with Crippen LogP contribution < -0.4 is 10.6 Å². The van der Waals surface area contributed by atoms with Gasteiger partial charge in [0.25, 0.3) is 0 Å². The Bertz CT molecular complexity index is 550. The van der Waals surface area contributed by atoms with Gasteiger partial charge < -0.3 is 10.6 Å². The smallest absolute Gasteiger partial charge is 0.221 e. The number of aromatic amines is 1.